The van der Waals surface area contributed by atoms with Crippen LogP contribution in [0.15, 0.2) is 79.3 Å². The number of nitrogens with two attached hydrogens (primary N) is 1. The van der Waals surface area contributed by atoms with E-state index in [4.69, 9.17) is 5.73 Å². The summed E-state index contributed by atoms with van der Waals surface area (Å²) in [6, 6.07) is 19.1. The predicted octanol–water partition coefficient (Wildman–Crippen LogP) is 5.59. The summed E-state index contributed by atoms with van der Waals surface area (Å²) in [5.41, 5.74) is 10.1. The minimum absolute atomic E-state index is 0.278. The molecule has 5 aromatic heterocycles. The number of nitrogens with zero attached hydrogens (tertiary/aromatic N) is 5. The third-order valence-corrected chi connectivity index (χ3v) is 7.60. The van der Waals surface area contributed by atoms with Crippen molar-refractivity contribution in [1.29, 1.82) is 0 Å². The first kappa shape index (κ1) is 22.0. The maximum Gasteiger partial charge on any atom is 0.267 e. The van der Waals surface area contributed by atoms with Crippen molar-refractivity contribution in [3.63, 3.8) is 0 Å². The molecule has 11 heteroatoms. The predicted molar refractivity (Wildman–Crippen MR) is 145 cm³/mol. The fraction of sp³-hybridized carbons (Fsp3) is 0.0400. The largest absolute Gasteiger partial charge is 0.394 e. The van der Waals surface area contributed by atoms with Crippen molar-refractivity contribution >= 4 is 55.9 Å². The Labute approximate surface area is 213 Å². The van der Waals surface area contributed by atoms with E-state index in [9.17, 15) is 4.79 Å². The fourth-order valence-corrected chi connectivity index (χ4v) is 5.64. The van der Waals surface area contributed by atoms with E-state index in [1.807, 2.05) is 78.3 Å². The minimum atomic E-state index is -0.278. The molecule has 0 aliphatic carbocycles. The molecular formula is C25H20N8OS2. The molecule has 6 rings (SSSR count). The number of hydrogen-bond acceptors (Lipinski definition) is 8. The summed E-state index contributed by atoms with van der Waals surface area (Å²) in [5.74, 6) is 0.0415. The van der Waals surface area contributed by atoms with Crippen molar-refractivity contribution in [2.75, 3.05) is 16.4 Å². The highest BCUT2D eigenvalue weighted by Gasteiger charge is 2.17. The summed E-state index contributed by atoms with van der Waals surface area (Å²) in [7, 11) is 0. The first-order chi connectivity index (χ1) is 17.5. The number of fused-ring (bicyclic) bond motifs is 1. The molecule has 178 valence electrons. The van der Waals surface area contributed by atoms with E-state index < -0.39 is 0 Å². The van der Waals surface area contributed by atoms with Gasteiger partial charge in [-0.05, 0) is 43.3 Å². The Balaban J connectivity index is 1.18. The van der Waals surface area contributed by atoms with E-state index in [0.29, 0.717) is 16.4 Å². The number of amides is 1. The second kappa shape index (κ2) is 8.95. The smallest absolute Gasteiger partial charge is 0.267 e. The van der Waals surface area contributed by atoms with Gasteiger partial charge in [-0.25, -0.2) is 14.6 Å². The summed E-state index contributed by atoms with van der Waals surface area (Å²) in [6.45, 7) is 1.98. The molecule has 0 saturated heterocycles. The van der Waals surface area contributed by atoms with Crippen LogP contribution in [-0.2, 0) is 0 Å². The van der Waals surface area contributed by atoms with Gasteiger partial charge in [0.1, 0.15) is 5.65 Å². The van der Waals surface area contributed by atoms with Gasteiger partial charge in [0.05, 0.1) is 49.9 Å². The van der Waals surface area contributed by atoms with Crippen LogP contribution in [0.25, 0.3) is 21.9 Å². The molecule has 0 spiro atoms. The second-order valence-corrected chi connectivity index (χ2v) is 10.0. The third-order valence-electron chi connectivity index (χ3n) is 5.50. The number of nitrogens with one attached hydrogen (secondary N) is 2. The lowest BCUT2D eigenvalue weighted by atomic mass is 10.3. The van der Waals surface area contributed by atoms with Crippen molar-refractivity contribution in [2.45, 2.75) is 6.92 Å². The maximum absolute atomic E-state index is 12.9. The van der Waals surface area contributed by atoms with Gasteiger partial charge in [0.2, 0.25) is 0 Å². The molecule has 0 saturated carbocycles. The lowest BCUT2D eigenvalue weighted by Gasteiger charge is -2.01. The summed E-state index contributed by atoms with van der Waals surface area (Å²) in [5, 5.41) is 12.1. The van der Waals surface area contributed by atoms with E-state index >= 15 is 0 Å². The lowest BCUT2D eigenvalue weighted by molar-refractivity contribution is 0.103. The van der Waals surface area contributed by atoms with Gasteiger partial charge in [0.25, 0.3) is 5.91 Å². The van der Waals surface area contributed by atoms with Crippen molar-refractivity contribution in [3.8, 4) is 16.3 Å². The van der Waals surface area contributed by atoms with Crippen LogP contribution in [0, 0.1) is 6.92 Å². The monoisotopic (exact) mass is 512 g/mol. The number of pyridine rings is 1. The van der Waals surface area contributed by atoms with Crippen molar-refractivity contribution in [2.24, 2.45) is 0 Å². The highest BCUT2D eigenvalue weighted by Crippen LogP contribution is 2.36. The number of imidazole rings is 1. The Kier molecular flexibility index (Phi) is 5.47. The first-order valence-corrected chi connectivity index (χ1v) is 12.7. The van der Waals surface area contributed by atoms with E-state index in [2.05, 4.69) is 25.7 Å². The van der Waals surface area contributed by atoms with Gasteiger partial charge < -0.3 is 16.4 Å². The van der Waals surface area contributed by atoms with Crippen LogP contribution < -0.4 is 16.4 Å². The van der Waals surface area contributed by atoms with Crippen molar-refractivity contribution in [3.05, 3.63) is 89.8 Å². The van der Waals surface area contributed by atoms with E-state index in [1.54, 1.807) is 28.3 Å². The number of nitrogen functional groups attached to an aromatic ring is 1. The Hall–Kier alpha value is -4.48. The summed E-state index contributed by atoms with van der Waals surface area (Å²) < 4.78 is 3.68. The summed E-state index contributed by atoms with van der Waals surface area (Å²) >= 11 is 2.87. The molecule has 9 nitrogen and oxygen atoms in total. The molecular weight excluding hydrogens is 492 g/mol. The van der Waals surface area contributed by atoms with Gasteiger partial charge in [-0.2, -0.15) is 0 Å². The number of thiazole rings is 1. The van der Waals surface area contributed by atoms with Crippen LogP contribution in [0.3, 0.4) is 0 Å². The molecule has 36 heavy (non-hydrogen) atoms. The SMILES string of the molecule is Cc1nc(Nc2ccc(C(=O)Nc3nn(-c4ccccc4)cc3N)s2)sc1-c1cnc2ccccn12. The number of aryl methyl sites for hydroxylation is 1. The number of hydrogen-bond donors (Lipinski definition) is 3. The summed E-state index contributed by atoms with van der Waals surface area (Å²) in [4.78, 5) is 23.6. The van der Waals surface area contributed by atoms with Crippen molar-refractivity contribution < 1.29 is 4.79 Å². The van der Waals surface area contributed by atoms with Gasteiger partial charge in [0.15, 0.2) is 10.9 Å². The standard InChI is InChI=1S/C25H20N8OS2/c1-15-22(18-13-27-20-9-5-6-12-32(18)20)36-25(28-15)29-21-11-10-19(35-21)24(34)30-23-17(26)14-33(31-23)16-7-3-2-4-8-16/h2-14H,26H2,1H3,(H,28,29)(H,30,31,34). The number of thiophene rings is 1. The molecule has 0 atom stereocenters. The van der Waals surface area contributed by atoms with Crippen LogP contribution in [-0.4, -0.2) is 30.1 Å². The molecule has 1 aromatic carbocycles. The van der Waals surface area contributed by atoms with Crippen molar-refractivity contribution in [1.82, 2.24) is 24.1 Å². The Morgan fingerprint density at radius 2 is 1.86 bits per heavy atom. The van der Waals surface area contributed by atoms with Crippen LogP contribution in [0.5, 0.6) is 0 Å². The number of carbonyl (C=O) groups is 1. The molecule has 1 amide bonds. The van der Waals surface area contributed by atoms with Crippen LogP contribution in [0.1, 0.15) is 15.4 Å². The number of para-hydroxylation sites is 1. The number of benzene rings is 1. The fourth-order valence-electron chi connectivity index (χ4n) is 3.79. The highest BCUT2D eigenvalue weighted by atomic mass is 32.1. The normalized spacial score (nSPS) is 11.1. The van der Waals surface area contributed by atoms with Gasteiger partial charge in [-0.1, -0.05) is 35.6 Å². The van der Waals surface area contributed by atoms with E-state index in [1.165, 1.54) is 11.3 Å². The van der Waals surface area contributed by atoms with Gasteiger partial charge in [0, 0.05) is 6.20 Å². The number of aromatic nitrogens is 5. The Morgan fingerprint density at radius 3 is 2.72 bits per heavy atom. The molecule has 0 unspecified atom stereocenters. The molecule has 6 aromatic rings. The topological polar surface area (TPSA) is 115 Å². The van der Waals surface area contributed by atoms with Gasteiger partial charge >= 0.3 is 0 Å². The molecule has 0 bridgehead atoms. The highest BCUT2D eigenvalue weighted by molar-refractivity contribution is 7.20. The zero-order valence-electron chi connectivity index (χ0n) is 19.0. The van der Waals surface area contributed by atoms with Gasteiger partial charge in [-0.15, -0.1) is 16.4 Å². The average Bonchev–Trinajstić information content (AvgIpc) is 3.67. The van der Waals surface area contributed by atoms with Crippen LogP contribution >= 0.6 is 22.7 Å². The first-order valence-electron chi connectivity index (χ1n) is 11.0. The quantitative estimate of drug-likeness (QED) is 0.268. The van der Waals surface area contributed by atoms with E-state index in [0.717, 1.165) is 37.7 Å². The number of anilines is 4. The third kappa shape index (κ3) is 4.10. The minimum Gasteiger partial charge on any atom is -0.394 e. The number of rotatable bonds is 6. The lowest BCUT2D eigenvalue weighted by Crippen LogP contribution is -2.12. The Bertz CT molecular complexity index is 1700. The average molecular weight is 513 g/mol. The molecule has 5 heterocycles. The summed E-state index contributed by atoms with van der Waals surface area (Å²) in [6.07, 6.45) is 5.53. The van der Waals surface area contributed by atoms with Crippen LogP contribution in [0.2, 0.25) is 0 Å². The molecule has 4 N–H and O–H groups in total. The van der Waals surface area contributed by atoms with Gasteiger partial charge in [-0.3, -0.25) is 9.20 Å². The van der Waals surface area contributed by atoms with E-state index in [-0.39, 0.29) is 5.91 Å². The zero-order valence-corrected chi connectivity index (χ0v) is 20.7. The molecule has 0 aliphatic heterocycles. The second-order valence-electron chi connectivity index (χ2n) is 7.96. The molecule has 0 fully saturated rings. The Morgan fingerprint density at radius 1 is 1.03 bits per heavy atom. The van der Waals surface area contributed by atoms with Crippen LogP contribution in [0.4, 0.5) is 21.6 Å². The molecule has 0 aliphatic rings. The zero-order chi connectivity index (χ0) is 24.6. The maximum atomic E-state index is 12.9. The number of carbonyl (C=O) groups excluding carboxylic acids is 1. The molecule has 0 radical (unpaired) electrons.